The number of piperidine rings is 1. The van der Waals surface area contributed by atoms with E-state index in [1.165, 1.54) is 23.8 Å². The van der Waals surface area contributed by atoms with Crippen LogP contribution in [0.4, 0.5) is 4.39 Å². The summed E-state index contributed by atoms with van der Waals surface area (Å²) >= 11 is 1.52. The molecule has 0 saturated carbocycles. The molecule has 114 valence electrons. The number of benzene rings is 1. The van der Waals surface area contributed by atoms with Gasteiger partial charge in [-0.25, -0.2) is 4.39 Å². The summed E-state index contributed by atoms with van der Waals surface area (Å²) in [4.78, 5) is 14.9. The second-order valence-electron chi connectivity index (χ2n) is 5.44. The lowest BCUT2D eigenvalue weighted by Crippen LogP contribution is -2.34. The minimum atomic E-state index is -0.222. The molecule has 1 aliphatic heterocycles. The number of thiophene rings is 1. The summed E-state index contributed by atoms with van der Waals surface area (Å²) < 4.78 is 13.8. The van der Waals surface area contributed by atoms with Gasteiger partial charge in [0.05, 0.1) is 0 Å². The molecule has 0 aliphatic carbocycles. The van der Waals surface area contributed by atoms with Gasteiger partial charge >= 0.3 is 0 Å². The van der Waals surface area contributed by atoms with Crippen molar-refractivity contribution < 1.29 is 9.18 Å². The van der Waals surface area contributed by atoms with E-state index in [1.54, 1.807) is 18.2 Å². The quantitative estimate of drug-likeness (QED) is 0.759. The molecule has 1 aliphatic rings. The van der Waals surface area contributed by atoms with Crippen molar-refractivity contribution in [2.45, 2.75) is 19.3 Å². The third kappa shape index (κ3) is 3.45. The van der Waals surface area contributed by atoms with Gasteiger partial charge in [-0.3, -0.25) is 4.79 Å². The van der Waals surface area contributed by atoms with Crippen molar-refractivity contribution in [3.8, 4) is 11.1 Å². The van der Waals surface area contributed by atoms with Crippen LogP contribution in [0.2, 0.25) is 0 Å². The van der Waals surface area contributed by atoms with Crippen molar-refractivity contribution in [1.82, 2.24) is 4.90 Å². The molecule has 1 amide bonds. The number of hydrogen-bond acceptors (Lipinski definition) is 2. The fourth-order valence-corrected chi connectivity index (χ4v) is 3.45. The molecule has 1 saturated heterocycles. The summed E-state index contributed by atoms with van der Waals surface area (Å²) in [6.07, 6.45) is 6.85. The van der Waals surface area contributed by atoms with Crippen molar-refractivity contribution in [1.29, 1.82) is 0 Å². The number of halogens is 1. The first-order valence-electron chi connectivity index (χ1n) is 7.54. The van der Waals surface area contributed by atoms with Crippen molar-refractivity contribution >= 4 is 23.3 Å². The molecule has 1 aromatic heterocycles. The molecule has 3 rings (SSSR count). The van der Waals surface area contributed by atoms with Crippen LogP contribution in [0, 0.1) is 5.82 Å². The molecular formula is C18H18FNOS. The van der Waals surface area contributed by atoms with Crippen LogP contribution >= 0.6 is 11.3 Å². The Labute approximate surface area is 133 Å². The second kappa shape index (κ2) is 6.88. The number of rotatable bonds is 3. The lowest BCUT2D eigenvalue weighted by atomic mass is 10.1. The van der Waals surface area contributed by atoms with Crippen LogP contribution in [-0.4, -0.2) is 23.9 Å². The van der Waals surface area contributed by atoms with Crippen LogP contribution in [0.3, 0.4) is 0 Å². The van der Waals surface area contributed by atoms with E-state index in [0.29, 0.717) is 5.56 Å². The highest BCUT2D eigenvalue weighted by molar-refractivity contribution is 7.11. The largest absolute Gasteiger partial charge is 0.339 e. The first kappa shape index (κ1) is 15.0. The topological polar surface area (TPSA) is 20.3 Å². The zero-order valence-electron chi connectivity index (χ0n) is 12.3. The van der Waals surface area contributed by atoms with E-state index >= 15 is 0 Å². The number of nitrogens with zero attached hydrogens (tertiary/aromatic N) is 1. The molecule has 0 N–H and O–H groups in total. The Hall–Kier alpha value is -1.94. The number of carbonyl (C=O) groups excluding carboxylic acids is 1. The maximum absolute atomic E-state index is 13.8. The van der Waals surface area contributed by atoms with Crippen molar-refractivity contribution in [3.63, 3.8) is 0 Å². The molecule has 2 nitrogen and oxygen atoms in total. The Kier molecular flexibility index (Phi) is 4.68. The fourth-order valence-electron chi connectivity index (χ4n) is 2.65. The van der Waals surface area contributed by atoms with Gasteiger partial charge in [-0.15, -0.1) is 11.3 Å². The van der Waals surface area contributed by atoms with Gasteiger partial charge in [0.2, 0.25) is 5.91 Å². The van der Waals surface area contributed by atoms with Crippen LogP contribution in [0.15, 0.2) is 41.8 Å². The lowest BCUT2D eigenvalue weighted by Gasteiger charge is -2.25. The Bertz CT molecular complexity index is 686. The summed E-state index contributed by atoms with van der Waals surface area (Å²) in [6, 6.07) is 8.66. The Balaban J connectivity index is 1.70. The van der Waals surface area contributed by atoms with Gasteiger partial charge in [0, 0.05) is 29.6 Å². The van der Waals surface area contributed by atoms with Crippen LogP contribution in [-0.2, 0) is 4.79 Å². The smallest absolute Gasteiger partial charge is 0.246 e. The monoisotopic (exact) mass is 315 g/mol. The summed E-state index contributed by atoms with van der Waals surface area (Å²) in [5, 5.41) is 1.92. The molecular weight excluding hydrogens is 297 g/mol. The van der Waals surface area contributed by atoms with Crippen LogP contribution in [0.5, 0.6) is 0 Å². The van der Waals surface area contributed by atoms with E-state index < -0.39 is 0 Å². The normalized spacial score (nSPS) is 15.4. The van der Waals surface area contributed by atoms with E-state index in [9.17, 15) is 9.18 Å². The zero-order chi connectivity index (χ0) is 15.4. The van der Waals surface area contributed by atoms with Crippen molar-refractivity contribution in [2.75, 3.05) is 13.1 Å². The van der Waals surface area contributed by atoms with Gasteiger partial charge in [0.1, 0.15) is 5.82 Å². The number of carbonyl (C=O) groups is 1. The lowest BCUT2D eigenvalue weighted by molar-refractivity contribution is -0.126. The first-order valence-corrected chi connectivity index (χ1v) is 8.42. The summed E-state index contributed by atoms with van der Waals surface area (Å²) in [5.74, 6) is -0.152. The number of likely N-dealkylation sites (tertiary alicyclic amines) is 1. The highest BCUT2D eigenvalue weighted by Crippen LogP contribution is 2.28. The van der Waals surface area contributed by atoms with Gasteiger partial charge in [-0.05, 0) is 48.4 Å². The molecule has 2 aromatic rings. The van der Waals surface area contributed by atoms with E-state index in [0.717, 1.165) is 36.4 Å². The molecule has 22 heavy (non-hydrogen) atoms. The zero-order valence-corrected chi connectivity index (χ0v) is 13.1. The fraction of sp³-hybridized carbons (Fsp3) is 0.278. The Morgan fingerprint density at radius 2 is 1.95 bits per heavy atom. The molecule has 0 bridgehead atoms. The Morgan fingerprint density at radius 1 is 1.18 bits per heavy atom. The van der Waals surface area contributed by atoms with Gasteiger partial charge < -0.3 is 4.90 Å². The SMILES string of the molecule is O=C(/C=C/c1cc(-c2ccccc2F)cs1)N1CCCCC1. The predicted molar refractivity (Wildman–Crippen MR) is 89.2 cm³/mol. The van der Waals surface area contributed by atoms with E-state index in [1.807, 2.05) is 28.5 Å². The summed E-state index contributed by atoms with van der Waals surface area (Å²) in [7, 11) is 0. The van der Waals surface area contributed by atoms with Gasteiger partial charge in [0.15, 0.2) is 0 Å². The third-order valence-electron chi connectivity index (χ3n) is 3.86. The molecule has 1 aromatic carbocycles. The summed E-state index contributed by atoms with van der Waals surface area (Å²) in [6.45, 7) is 1.71. The maximum Gasteiger partial charge on any atom is 0.246 e. The van der Waals surface area contributed by atoms with Crippen LogP contribution < -0.4 is 0 Å². The standard InChI is InChI=1S/C18H18FNOS/c19-17-7-3-2-6-16(17)14-12-15(22-13-14)8-9-18(21)20-10-4-1-5-11-20/h2-3,6-9,12-13H,1,4-5,10-11H2/b9-8+. The minimum absolute atomic E-state index is 0.0699. The molecule has 0 atom stereocenters. The molecule has 1 fully saturated rings. The van der Waals surface area contributed by atoms with E-state index in [-0.39, 0.29) is 11.7 Å². The highest BCUT2D eigenvalue weighted by Gasteiger charge is 2.13. The minimum Gasteiger partial charge on any atom is -0.339 e. The second-order valence-corrected chi connectivity index (χ2v) is 6.38. The van der Waals surface area contributed by atoms with Crippen LogP contribution in [0.1, 0.15) is 24.1 Å². The molecule has 0 spiro atoms. The number of amides is 1. The third-order valence-corrected chi connectivity index (χ3v) is 4.76. The summed E-state index contributed by atoms with van der Waals surface area (Å²) in [5.41, 5.74) is 1.45. The molecule has 2 heterocycles. The Morgan fingerprint density at radius 3 is 2.73 bits per heavy atom. The molecule has 4 heteroatoms. The maximum atomic E-state index is 13.8. The van der Waals surface area contributed by atoms with E-state index in [4.69, 9.17) is 0 Å². The van der Waals surface area contributed by atoms with Crippen molar-refractivity contribution in [3.05, 3.63) is 52.5 Å². The van der Waals surface area contributed by atoms with Gasteiger partial charge in [-0.2, -0.15) is 0 Å². The first-order chi connectivity index (χ1) is 10.7. The highest BCUT2D eigenvalue weighted by atomic mass is 32.1. The van der Waals surface area contributed by atoms with E-state index in [2.05, 4.69) is 0 Å². The van der Waals surface area contributed by atoms with Gasteiger partial charge in [-0.1, -0.05) is 18.2 Å². The van der Waals surface area contributed by atoms with Crippen LogP contribution in [0.25, 0.3) is 17.2 Å². The molecule has 0 unspecified atom stereocenters. The molecule has 0 radical (unpaired) electrons. The number of hydrogen-bond donors (Lipinski definition) is 0. The predicted octanol–water partition coefficient (Wildman–Crippen LogP) is 4.58. The average Bonchev–Trinajstić information content (AvgIpc) is 3.02. The average molecular weight is 315 g/mol. The van der Waals surface area contributed by atoms with Gasteiger partial charge in [0.25, 0.3) is 0 Å². The van der Waals surface area contributed by atoms with Crippen molar-refractivity contribution in [2.24, 2.45) is 0 Å².